The van der Waals surface area contributed by atoms with Gasteiger partial charge >= 0.3 is 0 Å². The summed E-state index contributed by atoms with van der Waals surface area (Å²) in [6, 6.07) is 14.9. The Balaban J connectivity index is 1.31. The van der Waals surface area contributed by atoms with Gasteiger partial charge in [0, 0.05) is 31.1 Å². The summed E-state index contributed by atoms with van der Waals surface area (Å²) in [4.78, 5) is 13.8. The molecule has 0 spiro atoms. The predicted octanol–water partition coefficient (Wildman–Crippen LogP) is 4.11. The lowest BCUT2D eigenvalue weighted by atomic mass is 10.0. The number of amides is 1. The van der Waals surface area contributed by atoms with Gasteiger partial charge in [0.2, 0.25) is 5.91 Å². The van der Waals surface area contributed by atoms with Gasteiger partial charge in [-0.2, -0.15) is 0 Å². The number of anilines is 1. The Hall–Kier alpha value is -2.28. The molecule has 1 heterocycles. The maximum atomic E-state index is 11.4. The normalized spacial score (nSPS) is 24.7. The second kappa shape index (κ2) is 9.90. The zero-order chi connectivity index (χ0) is 21.8. The van der Waals surface area contributed by atoms with E-state index in [0.29, 0.717) is 16.5 Å². The van der Waals surface area contributed by atoms with Crippen molar-refractivity contribution < 1.29 is 19.4 Å². The molecule has 3 atom stereocenters. The van der Waals surface area contributed by atoms with Gasteiger partial charge in [-0.25, -0.2) is 0 Å². The van der Waals surface area contributed by atoms with E-state index >= 15 is 0 Å². The van der Waals surface area contributed by atoms with Gasteiger partial charge in [0.25, 0.3) is 0 Å². The lowest BCUT2D eigenvalue weighted by molar-refractivity contribution is -0.114. The molecule has 2 N–H and O–H groups in total. The summed E-state index contributed by atoms with van der Waals surface area (Å²) < 4.78 is 12.2. The highest BCUT2D eigenvalue weighted by Crippen LogP contribution is 2.33. The number of likely N-dealkylation sites (tertiary alicyclic amines) is 1. The van der Waals surface area contributed by atoms with Crippen LogP contribution in [-0.2, 0) is 4.79 Å². The molecule has 1 saturated heterocycles. The minimum absolute atomic E-state index is 0.0741. The number of halogens is 1. The maximum absolute atomic E-state index is 11.4. The van der Waals surface area contributed by atoms with Crippen molar-refractivity contribution in [2.45, 2.75) is 57.0 Å². The Morgan fingerprint density at radius 1 is 1.06 bits per heavy atom. The minimum atomic E-state index is -0.573. The summed E-state index contributed by atoms with van der Waals surface area (Å²) in [5, 5.41) is 14.4. The number of aliphatic hydroxyl groups excluding tert-OH is 1. The first-order valence-corrected chi connectivity index (χ1v) is 11.2. The fraction of sp³-hybridized carbons (Fsp3) is 0.458. The first-order valence-electron chi connectivity index (χ1n) is 10.9. The van der Waals surface area contributed by atoms with Crippen molar-refractivity contribution in [1.29, 1.82) is 0 Å². The van der Waals surface area contributed by atoms with Crippen LogP contribution in [0, 0.1) is 0 Å². The number of hydrogen-bond acceptors (Lipinski definition) is 5. The molecule has 1 aliphatic heterocycles. The molecule has 4 rings (SSSR count). The molecular formula is C24H29ClN2O4. The van der Waals surface area contributed by atoms with Crippen molar-refractivity contribution in [2.24, 2.45) is 0 Å². The monoisotopic (exact) mass is 444 g/mol. The van der Waals surface area contributed by atoms with E-state index in [1.165, 1.54) is 6.92 Å². The molecule has 2 aliphatic rings. The van der Waals surface area contributed by atoms with Crippen LogP contribution < -0.4 is 14.8 Å². The Morgan fingerprint density at radius 2 is 1.84 bits per heavy atom. The van der Waals surface area contributed by atoms with Crippen molar-refractivity contribution in [1.82, 2.24) is 4.90 Å². The second-order valence-electron chi connectivity index (χ2n) is 8.28. The number of benzene rings is 2. The van der Waals surface area contributed by atoms with Gasteiger partial charge in [-0.05, 0) is 56.0 Å². The number of piperidine rings is 1. The highest BCUT2D eigenvalue weighted by Gasteiger charge is 2.41. The van der Waals surface area contributed by atoms with Crippen LogP contribution in [0.15, 0.2) is 48.5 Å². The summed E-state index contributed by atoms with van der Waals surface area (Å²) in [7, 11) is 0. The van der Waals surface area contributed by atoms with E-state index in [4.69, 9.17) is 21.1 Å². The van der Waals surface area contributed by atoms with E-state index in [2.05, 4.69) is 10.2 Å². The third-order valence-electron chi connectivity index (χ3n) is 6.04. The van der Waals surface area contributed by atoms with Crippen LogP contribution in [0.3, 0.4) is 0 Å². The van der Waals surface area contributed by atoms with E-state index < -0.39 is 6.10 Å². The molecule has 1 saturated carbocycles. The van der Waals surface area contributed by atoms with Crippen LogP contribution >= 0.6 is 11.6 Å². The van der Waals surface area contributed by atoms with Crippen LogP contribution in [0.5, 0.6) is 11.5 Å². The molecule has 7 heteroatoms. The first kappa shape index (κ1) is 21.9. The highest BCUT2D eigenvalue weighted by molar-refractivity contribution is 6.30. The Bertz CT molecular complexity index is 901. The van der Waals surface area contributed by atoms with Gasteiger partial charge in [0.1, 0.15) is 29.8 Å². The average Bonchev–Trinajstić information content (AvgIpc) is 3.10. The van der Waals surface area contributed by atoms with Gasteiger partial charge in [-0.1, -0.05) is 29.8 Å². The summed E-state index contributed by atoms with van der Waals surface area (Å²) in [6.45, 7) is 3.22. The zero-order valence-electron chi connectivity index (χ0n) is 17.7. The predicted molar refractivity (Wildman–Crippen MR) is 121 cm³/mol. The molecule has 166 valence electrons. The molecule has 0 aromatic heterocycles. The van der Waals surface area contributed by atoms with Crippen molar-refractivity contribution in [3.05, 3.63) is 53.6 Å². The largest absolute Gasteiger partial charge is 0.490 e. The summed E-state index contributed by atoms with van der Waals surface area (Å²) in [5.41, 5.74) is 0.629. The highest BCUT2D eigenvalue weighted by atomic mass is 35.5. The molecular weight excluding hydrogens is 416 g/mol. The van der Waals surface area contributed by atoms with Crippen molar-refractivity contribution in [3.8, 4) is 11.5 Å². The molecule has 0 radical (unpaired) electrons. The topological polar surface area (TPSA) is 71.0 Å². The quantitative estimate of drug-likeness (QED) is 0.701. The van der Waals surface area contributed by atoms with E-state index in [1.807, 2.05) is 42.5 Å². The smallest absolute Gasteiger partial charge is 0.221 e. The number of para-hydroxylation sites is 2. The minimum Gasteiger partial charge on any atom is -0.490 e. The van der Waals surface area contributed by atoms with E-state index in [-0.39, 0.29) is 24.2 Å². The molecule has 2 aromatic rings. The number of hydrogen-bond donors (Lipinski definition) is 2. The van der Waals surface area contributed by atoms with E-state index in [1.54, 1.807) is 6.07 Å². The third kappa shape index (κ3) is 5.50. The van der Waals surface area contributed by atoms with E-state index in [9.17, 15) is 9.90 Å². The first-order chi connectivity index (χ1) is 15.0. The molecule has 1 amide bonds. The van der Waals surface area contributed by atoms with Gasteiger partial charge in [-0.3, -0.25) is 9.69 Å². The fourth-order valence-electron chi connectivity index (χ4n) is 4.53. The van der Waals surface area contributed by atoms with Gasteiger partial charge in [0.15, 0.2) is 0 Å². The molecule has 2 fully saturated rings. The number of carbonyl (C=O) groups excluding carboxylic acids is 1. The molecule has 6 nitrogen and oxygen atoms in total. The lowest BCUT2D eigenvalue weighted by Crippen LogP contribution is -2.49. The number of aliphatic hydroxyl groups is 1. The van der Waals surface area contributed by atoms with E-state index in [0.717, 1.165) is 44.5 Å². The van der Waals surface area contributed by atoms with Gasteiger partial charge in [-0.15, -0.1) is 0 Å². The van der Waals surface area contributed by atoms with Gasteiger partial charge < -0.3 is 19.9 Å². The van der Waals surface area contributed by atoms with Crippen LogP contribution in [-0.4, -0.2) is 53.4 Å². The number of nitrogens with zero attached hydrogens (tertiary/aromatic N) is 1. The van der Waals surface area contributed by atoms with Crippen molar-refractivity contribution in [2.75, 3.05) is 18.4 Å². The van der Waals surface area contributed by atoms with Crippen LogP contribution in [0.4, 0.5) is 5.69 Å². The Kier molecular flexibility index (Phi) is 7.00. The summed E-state index contributed by atoms with van der Waals surface area (Å²) in [5.74, 6) is 1.25. The number of rotatable bonds is 6. The lowest BCUT2D eigenvalue weighted by Gasteiger charge is -2.37. The second-order valence-corrected chi connectivity index (χ2v) is 8.72. The van der Waals surface area contributed by atoms with Crippen LogP contribution in [0.25, 0.3) is 0 Å². The molecule has 31 heavy (non-hydrogen) atoms. The Morgan fingerprint density at radius 3 is 2.58 bits per heavy atom. The SMILES string of the molecule is CC(=O)Nc1ccccc1O[C@H]1CC[C@H](N2CCC(Oc3cccc(Cl)c3)CC2)C1O. The molecule has 1 aliphatic carbocycles. The molecule has 0 bridgehead atoms. The van der Waals surface area contributed by atoms with Crippen LogP contribution in [0.1, 0.15) is 32.6 Å². The van der Waals surface area contributed by atoms with Crippen molar-refractivity contribution >= 4 is 23.2 Å². The third-order valence-corrected chi connectivity index (χ3v) is 6.28. The molecule has 1 unspecified atom stereocenters. The maximum Gasteiger partial charge on any atom is 0.221 e. The molecule has 2 aromatic carbocycles. The van der Waals surface area contributed by atoms with Crippen LogP contribution in [0.2, 0.25) is 5.02 Å². The summed E-state index contributed by atoms with van der Waals surface area (Å²) >= 11 is 6.05. The van der Waals surface area contributed by atoms with Crippen molar-refractivity contribution in [3.63, 3.8) is 0 Å². The average molecular weight is 445 g/mol. The number of carbonyl (C=O) groups is 1. The standard InChI is InChI=1S/C24H29ClN2O4/c1-16(28)26-20-7-2-3-8-22(20)31-23-10-9-21(24(23)29)27-13-11-18(12-14-27)30-19-6-4-5-17(25)15-19/h2-8,15,18,21,23-24,29H,9-14H2,1H3,(H,26,28)/t21-,23-,24?/m0/s1. The van der Waals surface area contributed by atoms with Gasteiger partial charge in [0.05, 0.1) is 5.69 Å². The summed E-state index contributed by atoms with van der Waals surface area (Å²) in [6.07, 6.45) is 2.77. The number of ether oxygens (including phenoxy) is 2. The number of nitrogens with one attached hydrogen (secondary N) is 1. The fourth-order valence-corrected chi connectivity index (χ4v) is 4.72. The Labute approximate surface area is 188 Å². The zero-order valence-corrected chi connectivity index (χ0v) is 18.4.